The number of ether oxygens (including phenoxy) is 1. The summed E-state index contributed by atoms with van der Waals surface area (Å²) in [6.07, 6.45) is 37.6. The summed E-state index contributed by atoms with van der Waals surface area (Å²) in [5.74, 6) is 0.748. The maximum absolute atomic E-state index is 6.12. The van der Waals surface area contributed by atoms with Crippen molar-refractivity contribution in [2.75, 3.05) is 33.9 Å². The molecular weight excluding hydrogens is 426 g/mol. The van der Waals surface area contributed by atoms with E-state index in [1.165, 1.54) is 135 Å². The Morgan fingerprint density at radius 3 is 1.71 bits per heavy atom. The minimum absolute atomic E-state index is 0.748. The molecule has 0 saturated heterocycles. The van der Waals surface area contributed by atoms with Crippen LogP contribution in [0.2, 0.25) is 0 Å². The summed E-state index contributed by atoms with van der Waals surface area (Å²) in [6.45, 7) is 7.69. The van der Waals surface area contributed by atoms with Crippen LogP contribution in [0.15, 0.2) is 24.3 Å². The second-order valence-corrected chi connectivity index (χ2v) is 11.0. The lowest BCUT2D eigenvalue weighted by Gasteiger charge is -2.19. The number of hydrogen-bond donors (Lipinski definition) is 0. The second-order valence-electron chi connectivity index (χ2n) is 11.0. The Morgan fingerprint density at radius 1 is 0.571 bits per heavy atom. The Hall–Kier alpha value is -0.600. The van der Waals surface area contributed by atoms with E-state index in [2.05, 4.69) is 57.1 Å². The van der Waals surface area contributed by atoms with Gasteiger partial charge in [0.25, 0.3) is 0 Å². The van der Waals surface area contributed by atoms with Crippen molar-refractivity contribution < 1.29 is 4.74 Å². The fourth-order valence-corrected chi connectivity index (χ4v) is 4.58. The van der Waals surface area contributed by atoms with Crippen LogP contribution in [0.3, 0.4) is 0 Å². The molecule has 1 atom stereocenters. The highest BCUT2D eigenvalue weighted by molar-refractivity contribution is 4.92. The molecule has 2 heteroatoms. The maximum Gasteiger partial charge on any atom is 0.0494 e. The van der Waals surface area contributed by atoms with Gasteiger partial charge in [-0.15, -0.1) is 0 Å². The molecule has 0 aromatic rings. The molecule has 0 heterocycles. The van der Waals surface area contributed by atoms with Crippen molar-refractivity contribution in [1.82, 2.24) is 4.90 Å². The van der Waals surface area contributed by atoms with E-state index in [0.29, 0.717) is 0 Å². The van der Waals surface area contributed by atoms with E-state index >= 15 is 0 Å². The smallest absolute Gasteiger partial charge is 0.0494 e. The lowest BCUT2D eigenvalue weighted by molar-refractivity contribution is 0.0860. The van der Waals surface area contributed by atoms with Crippen LogP contribution in [0, 0.1) is 5.92 Å². The van der Waals surface area contributed by atoms with E-state index in [0.717, 1.165) is 25.6 Å². The van der Waals surface area contributed by atoms with E-state index in [9.17, 15) is 0 Å². The zero-order valence-electron chi connectivity index (χ0n) is 24.7. The molecule has 0 aliphatic carbocycles. The number of hydrogen-bond acceptors (Lipinski definition) is 2. The number of nitrogens with zero attached hydrogens (tertiary/aromatic N) is 1. The first-order chi connectivity index (χ1) is 17.2. The van der Waals surface area contributed by atoms with Crippen LogP contribution in [0.1, 0.15) is 149 Å². The quantitative estimate of drug-likeness (QED) is 0.0797. The van der Waals surface area contributed by atoms with Gasteiger partial charge in [0.1, 0.15) is 0 Å². The summed E-state index contributed by atoms with van der Waals surface area (Å²) in [5, 5.41) is 0. The van der Waals surface area contributed by atoms with Crippen molar-refractivity contribution in [3.05, 3.63) is 24.3 Å². The summed E-state index contributed by atoms with van der Waals surface area (Å²) in [6, 6.07) is 0. The van der Waals surface area contributed by atoms with Gasteiger partial charge in [-0.05, 0) is 77.9 Å². The molecule has 2 nitrogen and oxygen atoms in total. The topological polar surface area (TPSA) is 12.5 Å². The Bertz CT molecular complexity index is 442. The zero-order valence-corrected chi connectivity index (χ0v) is 24.7. The number of allylic oxidation sites excluding steroid dienone is 4. The molecular formula is C33H65NO. The molecule has 0 rings (SSSR count). The van der Waals surface area contributed by atoms with Gasteiger partial charge < -0.3 is 9.64 Å². The zero-order chi connectivity index (χ0) is 25.7. The van der Waals surface area contributed by atoms with Crippen LogP contribution in [0.4, 0.5) is 0 Å². The minimum Gasteiger partial charge on any atom is -0.381 e. The summed E-state index contributed by atoms with van der Waals surface area (Å²) in [7, 11) is 4.38. The molecule has 0 spiro atoms. The molecule has 0 fully saturated rings. The maximum atomic E-state index is 6.12. The van der Waals surface area contributed by atoms with E-state index in [1.807, 2.05) is 0 Å². The molecule has 35 heavy (non-hydrogen) atoms. The summed E-state index contributed by atoms with van der Waals surface area (Å²) in [5.41, 5.74) is 0. The number of unbranched alkanes of at least 4 members (excludes halogenated alkanes) is 15. The van der Waals surface area contributed by atoms with Gasteiger partial charge >= 0.3 is 0 Å². The molecule has 0 aliphatic heterocycles. The fraction of sp³-hybridized carbons (Fsp3) is 0.879. The van der Waals surface area contributed by atoms with Crippen molar-refractivity contribution in [3.63, 3.8) is 0 Å². The van der Waals surface area contributed by atoms with Gasteiger partial charge in [-0.3, -0.25) is 0 Å². The van der Waals surface area contributed by atoms with Crippen LogP contribution in [0.5, 0.6) is 0 Å². The van der Waals surface area contributed by atoms with Gasteiger partial charge in [-0.2, -0.15) is 0 Å². The van der Waals surface area contributed by atoms with Gasteiger partial charge in [0.05, 0.1) is 0 Å². The monoisotopic (exact) mass is 492 g/mol. The number of rotatable bonds is 28. The normalized spacial score (nSPS) is 13.1. The summed E-state index contributed by atoms with van der Waals surface area (Å²) in [4.78, 5) is 2.32. The van der Waals surface area contributed by atoms with Crippen LogP contribution in [-0.4, -0.2) is 38.8 Å². The molecule has 0 amide bonds. The SMILES string of the molecule is CCCCC/C=C\C/C=C\CCCCCCCCOCC(CCCCCCCCC)CCN(C)C. The molecule has 0 aromatic heterocycles. The lowest BCUT2D eigenvalue weighted by Crippen LogP contribution is -2.20. The molecule has 1 unspecified atom stereocenters. The first kappa shape index (κ1) is 34.4. The average molecular weight is 492 g/mol. The largest absolute Gasteiger partial charge is 0.381 e. The Morgan fingerprint density at radius 2 is 1.09 bits per heavy atom. The van der Waals surface area contributed by atoms with Crippen LogP contribution < -0.4 is 0 Å². The van der Waals surface area contributed by atoms with E-state index in [4.69, 9.17) is 4.74 Å². The highest BCUT2D eigenvalue weighted by Gasteiger charge is 2.09. The molecule has 0 aliphatic rings. The molecule has 0 N–H and O–H groups in total. The van der Waals surface area contributed by atoms with E-state index in [-0.39, 0.29) is 0 Å². The highest BCUT2D eigenvalue weighted by Crippen LogP contribution is 2.17. The lowest BCUT2D eigenvalue weighted by atomic mass is 9.97. The molecule has 0 saturated carbocycles. The van der Waals surface area contributed by atoms with Gasteiger partial charge in [0.2, 0.25) is 0 Å². The van der Waals surface area contributed by atoms with Crippen LogP contribution >= 0.6 is 0 Å². The predicted octanol–water partition coefficient (Wildman–Crippen LogP) is 10.5. The summed E-state index contributed by atoms with van der Waals surface area (Å²) >= 11 is 0. The van der Waals surface area contributed by atoms with Crippen LogP contribution in [0.25, 0.3) is 0 Å². The third kappa shape index (κ3) is 29.5. The van der Waals surface area contributed by atoms with Crippen molar-refractivity contribution in [2.24, 2.45) is 5.92 Å². The van der Waals surface area contributed by atoms with E-state index in [1.54, 1.807) is 0 Å². The first-order valence-corrected chi connectivity index (χ1v) is 15.7. The fourth-order valence-electron chi connectivity index (χ4n) is 4.58. The first-order valence-electron chi connectivity index (χ1n) is 15.7. The van der Waals surface area contributed by atoms with Crippen molar-refractivity contribution in [1.29, 1.82) is 0 Å². The predicted molar refractivity (Wildman–Crippen MR) is 159 cm³/mol. The van der Waals surface area contributed by atoms with Gasteiger partial charge in [0.15, 0.2) is 0 Å². The molecule has 0 bridgehead atoms. The van der Waals surface area contributed by atoms with Crippen LogP contribution in [-0.2, 0) is 4.74 Å². The standard InChI is InChI=1S/C33H65NO/c1-5-7-9-11-13-14-15-16-17-18-19-20-21-23-25-27-31-35-32-33(29-30-34(3)4)28-26-24-22-12-10-8-6-2/h13-14,16-17,33H,5-12,15,18-32H2,1-4H3/b14-13-,17-16-. The molecule has 0 radical (unpaired) electrons. The van der Waals surface area contributed by atoms with Crippen molar-refractivity contribution in [2.45, 2.75) is 149 Å². The van der Waals surface area contributed by atoms with E-state index < -0.39 is 0 Å². The Balaban J connectivity index is 3.59. The molecule has 208 valence electrons. The molecule has 0 aromatic carbocycles. The third-order valence-corrected chi connectivity index (χ3v) is 7.04. The third-order valence-electron chi connectivity index (χ3n) is 7.04. The Kier molecular flexibility index (Phi) is 29.1. The Labute approximate surface area is 222 Å². The minimum atomic E-state index is 0.748. The average Bonchev–Trinajstić information content (AvgIpc) is 2.85. The van der Waals surface area contributed by atoms with Crippen molar-refractivity contribution in [3.8, 4) is 0 Å². The summed E-state index contributed by atoms with van der Waals surface area (Å²) < 4.78 is 6.12. The second kappa shape index (κ2) is 29.6. The van der Waals surface area contributed by atoms with Gasteiger partial charge in [-0.25, -0.2) is 0 Å². The highest BCUT2D eigenvalue weighted by atomic mass is 16.5. The van der Waals surface area contributed by atoms with Gasteiger partial charge in [-0.1, -0.05) is 122 Å². The van der Waals surface area contributed by atoms with Crippen molar-refractivity contribution >= 4 is 0 Å². The van der Waals surface area contributed by atoms with Gasteiger partial charge in [0, 0.05) is 13.2 Å².